The minimum absolute atomic E-state index is 0.00229. The van der Waals surface area contributed by atoms with Gasteiger partial charge in [0, 0.05) is 11.5 Å². The number of ether oxygens (including phenoxy) is 2. The SMILES string of the molecule is C[C@]12C(=O)C=C(O)C=C1CC[C@@H]1[C@@H]2CC[C@@]2(C)[C@H]1CCC2(OC(=O)c1ccc(Oc2ccccc2)cc1)C(=O)O. The number of carboxylic acids is 1. The van der Waals surface area contributed by atoms with Crippen LogP contribution in [-0.2, 0) is 14.3 Å². The van der Waals surface area contributed by atoms with E-state index in [0.717, 1.165) is 12.0 Å². The van der Waals surface area contributed by atoms with Crippen molar-refractivity contribution in [3.63, 3.8) is 0 Å². The minimum Gasteiger partial charge on any atom is -0.508 e. The lowest BCUT2D eigenvalue weighted by Crippen LogP contribution is -2.59. The molecule has 4 aliphatic carbocycles. The van der Waals surface area contributed by atoms with Gasteiger partial charge in [-0.3, -0.25) is 4.79 Å². The van der Waals surface area contributed by atoms with Crippen LogP contribution in [0.5, 0.6) is 11.5 Å². The maximum atomic E-state index is 13.4. The molecule has 0 amide bonds. The molecule has 3 saturated carbocycles. The van der Waals surface area contributed by atoms with Gasteiger partial charge in [0.15, 0.2) is 5.78 Å². The average molecular weight is 543 g/mol. The van der Waals surface area contributed by atoms with Crippen molar-refractivity contribution < 1.29 is 34.1 Å². The van der Waals surface area contributed by atoms with Crippen LogP contribution in [0.15, 0.2) is 78.1 Å². The van der Waals surface area contributed by atoms with Crippen molar-refractivity contribution in [3.05, 3.63) is 83.6 Å². The molecular formula is C33H34O7. The summed E-state index contributed by atoms with van der Waals surface area (Å²) >= 11 is 0. The van der Waals surface area contributed by atoms with Crippen LogP contribution in [0.2, 0.25) is 0 Å². The lowest BCUT2D eigenvalue weighted by molar-refractivity contribution is -0.182. The number of aliphatic hydroxyl groups is 1. The molecule has 0 spiro atoms. The molecule has 0 radical (unpaired) electrons. The van der Waals surface area contributed by atoms with Gasteiger partial charge in [0.25, 0.3) is 0 Å². The highest BCUT2D eigenvalue weighted by molar-refractivity contribution is 5.99. The molecule has 0 aromatic heterocycles. The lowest BCUT2D eigenvalue weighted by atomic mass is 9.46. The van der Waals surface area contributed by atoms with Crippen molar-refractivity contribution in [3.8, 4) is 11.5 Å². The number of hydrogen-bond donors (Lipinski definition) is 2. The fraction of sp³-hybridized carbons (Fsp3) is 0.424. The van der Waals surface area contributed by atoms with Crippen LogP contribution in [-0.4, -0.2) is 33.5 Å². The molecule has 40 heavy (non-hydrogen) atoms. The maximum Gasteiger partial charge on any atom is 0.348 e. The quantitative estimate of drug-likeness (QED) is 0.407. The summed E-state index contributed by atoms with van der Waals surface area (Å²) in [7, 11) is 0. The van der Waals surface area contributed by atoms with Gasteiger partial charge < -0.3 is 19.7 Å². The standard InChI is InChI=1S/C33H34O7/c1-31-16-14-27-25(13-10-21-18-22(34)19-28(35)32(21,27)2)26(31)15-17-33(31,30(37)38)40-29(36)20-8-11-24(12-9-20)39-23-6-4-3-5-7-23/h3-9,11-12,18-19,25-27,34H,10,13-17H2,1-2H3,(H,37,38)/t25-,26-,27-,31-,32-,33?/m0/s1. The fourth-order valence-corrected chi connectivity index (χ4v) is 8.36. The summed E-state index contributed by atoms with van der Waals surface area (Å²) in [6.07, 6.45) is 6.61. The van der Waals surface area contributed by atoms with E-state index in [9.17, 15) is 24.6 Å². The number of allylic oxidation sites excluding steroid dienone is 3. The fourth-order valence-electron chi connectivity index (χ4n) is 8.36. The van der Waals surface area contributed by atoms with Crippen molar-refractivity contribution in [2.75, 3.05) is 0 Å². The highest BCUT2D eigenvalue weighted by Crippen LogP contribution is 2.67. The van der Waals surface area contributed by atoms with Crippen LogP contribution in [0.3, 0.4) is 0 Å². The number of carbonyl (C=O) groups excluding carboxylic acids is 2. The van der Waals surface area contributed by atoms with E-state index in [-0.39, 0.29) is 41.3 Å². The lowest BCUT2D eigenvalue weighted by Gasteiger charge is -2.57. The number of aliphatic carboxylic acids is 1. The van der Waals surface area contributed by atoms with E-state index in [2.05, 4.69) is 0 Å². The number of carbonyl (C=O) groups is 3. The molecule has 0 bridgehead atoms. The van der Waals surface area contributed by atoms with Crippen molar-refractivity contribution in [2.24, 2.45) is 28.6 Å². The van der Waals surface area contributed by atoms with Gasteiger partial charge in [-0.1, -0.05) is 30.7 Å². The van der Waals surface area contributed by atoms with E-state index in [4.69, 9.17) is 9.47 Å². The Hall–Kier alpha value is -3.87. The third-order valence-corrected chi connectivity index (χ3v) is 10.5. The molecule has 7 nitrogen and oxygen atoms in total. The number of para-hydroxylation sites is 1. The molecule has 3 fully saturated rings. The third-order valence-electron chi connectivity index (χ3n) is 10.5. The Balaban J connectivity index is 1.24. The second kappa shape index (κ2) is 9.36. The van der Waals surface area contributed by atoms with E-state index in [1.165, 1.54) is 6.08 Å². The van der Waals surface area contributed by atoms with Crippen LogP contribution in [0, 0.1) is 28.6 Å². The summed E-state index contributed by atoms with van der Waals surface area (Å²) < 4.78 is 11.8. The zero-order chi connectivity index (χ0) is 28.3. The summed E-state index contributed by atoms with van der Waals surface area (Å²) in [5.74, 6) is -0.427. The first-order valence-corrected chi connectivity index (χ1v) is 14.0. The van der Waals surface area contributed by atoms with Gasteiger partial charge in [0.2, 0.25) is 5.60 Å². The molecule has 6 atom stereocenters. The molecule has 2 N–H and O–H groups in total. The number of hydrogen-bond acceptors (Lipinski definition) is 6. The van der Waals surface area contributed by atoms with Crippen LogP contribution < -0.4 is 4.74 Å². The normalized spacial score (nSPS) is 34.5. The zero-order valence-electron chi connectivity index (χ0n) is 22.8. The van der Waals surface area contributed by atoms with E-state index in [1.807, 2.05) is 44.2 Å². The largest absolute Gasteiger partial charge is 0.508 e. The highest BCUT2D eigenvalue weighted by Gasteiger charge is 2.70. The molecule has 0 heterocycles. The second-order valence-electron chi connectivity index (χ2n) is 12.2. The van der Waals surface area contributed by atoms with Gasteiger partial charge in [0.05, 0.1) is 11.0 Å². The summed E-state index contributed by atoms with van der Waals surface area (Å²) in [4.78, 5) is 39.5. The van der Waals surface area contributed by atoms with E-state index in [0.29, 0.717) is 37.2 Å². The van der Waals surface area contributed by atoms with Crippen molar-refractivity contribution in [2.45, 2.75) is 58.0 Å². The van der Waals surface area contributed by atoms with Crippen LogP contribution in [0.4, 0.5) is 0 Å². The molecule has 208 valence electrons. The summed E-state index contributed by atoms with van der Waals surface area (Å²) in [6, 6.07) is 15.8. The Morgan fingerprint density at radius 1 is 0.875 bits per heavy atom. The zero-order valence-corrected chi connectivity index (χ0v) is 22.8. The Morgan fingerprint density at radius 3 is 2.25 bits per heavy atom. The first-order chi connectivity index (χ1) is 19.1. The highest BCUT2D eigenvalue weighted by atomic mass is 16.6. The predicted molar refractivity (Wildman–Crippen MR) is 147 cm³/mol. The van der Waals surface area contributed by atoms with E-state index < -0.39 is 28.4 Å². The Labute approximate surface area is 233 Å². The molecule has 0 aliphatic heterocycles. The van der Waals surface area contributed by atoms with Crippen LogP contribution >= 0.6 is 0 Å². The Bertz CT molecular complexity index is 1420. The number of fused-ring (bicyclic) bond motifs is 5. The van der Waals surface area contributed by atoms with Crippen LogP contribution in [0.1, 0.15) is 62.7 Å². The number of esters is 1. The number of carboxylic acid groups (broad SMARTS) is 1. The topological polar surface area (TPSA) is 110 Å². The first kappa shape index (κ1) is 26.4. The van der Waals surface area contributed by atoms with Gasteiger partial charge in [-0.15, -0.1) is 0 Å². The molecule has 0 saturated heterocycles. The average Bonchev–Trinajstić information content (AvgIpc) is 3.23. The van der Waals surface area contributed by atoms with Gasteiger partial charge in [-0.25, -0.2) is 9.59 Å². The maximum absolute atomic E-state index is 13.4. The van der Waals surface area contributed by atoms with Gasteiger partial charge in [-0.05, 0) is 106 Å². The Kier molecular flexibility index (Phi) is 6.17. The molecule has 6 rings (SSSR count). The predicted octanol–water partition coefficient (Wildman–Crippen LogP) is 6.65. The Morgan fingerprint density at radius 2 is 1.55 bits per heavy atom. The van der Waals surface area contributed by atoms with Crippen molar-refractivity contribution in [1.82, 2.24) is 0 Å². The van der Waals surface area contributed by atoms with Crippen molar-refractivity contribution in [1.29, 1.82) is 0 Å². The molecule has 2 aromatic carbocycles. The second-order valence-corrected chi connectivity index (χ2v) is 12.2. The smallest absolute Gasteiger partial charge is 0.348 e. The number of rotatable bonds is 5. The van der Waals surface area contributed by atoms with Gasteiger partial charge in [-0.2, -0.15) is 0 Å². The molecule has 2 aromatic rings. The van der Waals surface area contributed by atoms with Gasteiger partial charge >= 0.3 is 11.9 Å². The van der Waals surface area contributed by atoms with Crippen LogP contribution in [0.25, 0.3) is 0 Å². The molecular weight excluding hydrogens is 508 g/mol. The van der Waals surface area contributed by atoms with E-state index in [1.54, 1.807) is 30.3 Å². The van der Waals surface area contributed by atoms with E-state index >= 15 is 0 Å². The monoisotopic (exact) mass is 542 g/mol. The summed E-state index contributed by atoms with van der Waals surface area (Å²) in [5.41, 5.74) is -1.87. The van der Waals surface area contributed by atoms with Crippen molar-refractivity contribution >= 4 is 17.7 Å². The number of aliphatic hydroxyl groups excluding tert-OH is 1. The number of benzene rings is 2. The number of ketones is 1. The van der Waals surface area contributed by atoms with Gasteiger partial charge in [0.1, 0.15) is 17.3 Å². The third kappa shape index (κ3) is 3.81. The summed E-state index contributed by atoms with van der Waals surface area (Å²) in [5, 5.41) is 20.6. The first-order valence-electron chi connectivity index (χ1n) is 14.0. The molecule has 4 aliphatic rings. The molecule has 1 unspecified atom stereocenters. The summed E-state index contributed by atoms with van der Waals surface area (Å²) in [6.45, 7) is 3.94. The minimum atomic E-state index is -1.65. The molecule has 7 heteroatoms.